The number of halogens is 2. The smallest absolute Gasteiger partial charge is 0.221 e. The third kappa shape index (κ3) is 2.92. The van der Waals surface area contributed by atoms with E-state index in [1.54, 1.807) is 0 Å². The first-order chi connectivity index (χ1) is 4.09. The Balaban J connectivity index is 3.83. The highest BCUT2D eigenvalue weighted by Crippen LogP contribution is 2.08. The molecule has 0 aliphatic carbocycles. The van der Waals surface area contributed by atoms with Gasteiger partial charge in [0.15, 0.2) is 4.96 Å². The zero-order valence-corrected chi connectivity index (χ0v) is 6.91. The molecule has 0 aromatic rings. The van der Waals surface area contributed by atoms with Crippen LogP contribution in [0.4, 0.5) is 0 Å². The van der Waals surface area contributed by atoms with Crippen molar-refractivity contribution in [3.63, 3.8) is 0 Å². The topological polar surface area (TPSA) is 20.3 Å². The molecule has 0 bridgehead atoms. The lowest BCUT2D eigenvalue weighted by atomic mass is 10.5. The average Bonchev–Trinajstić information content (AvgIpc) is 1.64. The number of hydrogen-bond acceptors (Lipinski definition) is 1. The van der Waals surface area contributed by atoms with Gasteiger partial charge in [-0.25, -0.2) is 0 Å². The monoisotopic (exact) mass is 169 g/mol. The molecular formula is C5H9Cl2NO. The summed E-state index contributed by atoms with van der Waals surface area (Å²) in [5.41, 5.74) is 0. The van der Waals surface area contributed by atoms with Crippen molar-refractivity contribution in [3.8, 4) is 0 Å². The van der Waals surface area contributed by atoms with Gasteiger partial charge in [-0.1, -0.05) is 23.2 Å². The van der Waals surface area contributed by atoms with Gasteiger partial charge in [-0.05, 0) is 6.92 Å². The maximum Gasteiger partial charge on any atom is 0.221 e. The quantitative estimate of drug-likeness (QED) is 0.455. The number of rotatable bonds is 2. The molecule has 0 unspecified atom stereocenters. The van der Waals surface area contributed by atoms with Gasteiger partial charge in [-0.2, -0.15) is 0 Å². The lowest BCUT2D eigenvalue weighted by Gasteiger charge is -2.18. The third-order valence-corrected chi connectivity index (χ3v) is 1.45. The summed E-state index contributed by atoms with van der Waals surface area (Å²) in [6, 6.07) is 0. The van der Waals surface area contributed by atoms with E-state index in [1.165, 1.54) is 11.8 Å². The molecular weight excluding hydrogens is 161 g/mol. The Kier molecular flexibility index (Phi) is 3.98. The highest BCUT2D eigenvalue weighted by molar-refractivity contribution is 6.44. The van der Waals surface area contributed by atoms with E-state index in [2.05, 4.69) is 0 Å². The van der Waals surface area contributed by atoms with Crippen LogP contribution in [-0.4, -0.2) is 22.3 Å². The van der Waals surface area contributed by atoms with Crippen molar-refractivity contribution in [1.29, 1.82) is 0 Å². The van der Waals surface area contributed by atoms with Crippen molar-refractivity contribution >= 4 is 29.1 Å². The Hall–Kier alpha value is 0.0500. The first kappa shape index (κ1) is 9.05. The lowest BCUT2D eigenvalue weighted by Crippen LogP contribution is -2.31. The van der Waals surface area contributed by atoms with Gasteiger partial charge in [0.25, 0.3) is 0 Å². The van der Waals surface area contributed by atoms with Crippen molar-refractivity contribution in [2.24, 2.45) is 0 Å². The second kappa shape index (κ2) is 3.96. The molecule has 1 amide bonds. The summed E-state index contributed by atoms with van der Waals surface area (Å²) in [5, 5.41) is 0. The molecule has 0 heterocycles. The normalized spacial score (nSPS) is 9.89. The maximum atomic E-state index is 10.6. The fourth-order valence-corrected chi connectivity index (χ4v) is 1.05. The third-order valence-electron chi connectivity index (χ3n) is 0.981. The highest BCUT2D eigenvalue weighted by atomic mass is 35.5. The van der Waals surface area contributed by atoms with Crippen LogP contribution in [0.15, 0.2) is 0 Å². The molecule has 0 rings (SSSR count). The highest BCUT2D eigenvalue weighted by Gasteiger charge is 2.12. The second-order valence-electron chi connectivity index (χ2n) is 1.58. The fraction of sp³-hybridized carbons (Fsp3) is 0.800. The first-order valence-electron chi connectivity index (χ1n) is 2.65. The molecule has 4 heteroatoms. The van der Waals surface area contributed by atoms with E-state index < -0.39 is 4.96 Å². The van der Waals surface area contributed by atoms with Gasteiger partial charge < -0.3 is 4.90 Å². The van der Waals surface area contributed by atoms with Crippen LogP contribution in [0.2, 0.25) is 0 Å². The minimum absolute atomic E-state index is 0.104. The molecule has 0 aliphatic rings. The predicted octanol–water partition coefficient (Wildman–Crippen LogP) is 1.62. The number of nitrogens with zero attached hydrogens (tertiary/aromatic N) is 1. The van der Waals surface area contributed by atoms with E-state index in [1.807, 2.05) is 6.92 Å². The van der Waals surface area contributed by atoms with Crippen molar-refractivity contribution in [2.75, 3.05) is 6.54 Å². The second-order valence-corrected chi connectivity index (χ2v) is 2.63. The summed E-state index contributed by atoms with van der Waals surface area (Å²) in [6.45, 7) is 3.80. The van der Waals surface area contributed by atoms with Crippen molar-refractivity contribution in [1.82, 2.24) is 4.90 Å². The van der Waals surface area contributed by atoms with Crippen LogP contribution in [-0.2, 0) is 4.79 Å². The van der Waals surface area contributed by atoms with E-state index in [0.29, 0.717) is 6.54 Å². The molecule has 9 heavy (non-hydrogen) atoms. The zero-order chi connectivity index (χ0) is 7.44. The summed E-state index contributed by atoms with van der Waals surface area (Å²) in [6.07, 6.45) is 0. The Labute approximate surface area is 64.7 Å². The number of carbonyl (C=O) groups is 1. The Morgan fingerprint density at radius 1 is 1.67 bits per heavy atom. The van der Waals surface area contributed by atoms with Gasteiger partial charge in [0.05, 0.1) is 0 Å². The van der Waals surface area contributed by atoms with E-state index in [-0.39, 0.29) is 5.91 Å². The van der Waals surface area contributed by atoms with Gasteiger partial charge in [-0.3, -0.25) is 4.79 Å². The van der Waals surface area contributed by atoms with Gasteiger partial charge in [0.2, 0.25) is 5.91 Å². The van der Waals surface area contributed by atoms with E-state index in [9.17, 15) is 4.79 Å². The molecule has 0 atom stereocenters. The summed E-state index contributed by atoms with van der Waals surface area (Å²) in [5.74, 6) is -0.104. The summed E-state index contributed by atoms with van der Waals surface area (Å²) >= 11 is 10.8. The van der Waals surface area contributed by atoms with Gasteiger partial charge in [0, 0.05) is 13.5 Å². The van der Waals surface area contributed by atoms with Crippen LogP contribution in [0.25, 0.3) is 0 Å². The largest absolute Gasteiger partial charge is 0.314 e. The number of amides is 1. The average molecular weight is 170 g/mol. The summed E-state index contributed by atoms with van der Waals surface area (Å²) in [4.78, 5) is 11.2. The molecule has 0 spiro atoms. The van der Waals surface area contributed by atoms with E-state index >= 15 is 0 Å². The molecule has 0 saturated carbocycles. The predicted molar refractivity (Wildman–Crippen MR) is 38.6 cm³/mol. The molecule has 0 fully saturated rings. The minimum atomic E-state index is -0.715. The van der Waals surface area contributed by atoms with Crippen LogP contribution in [0.1, 0.15) is 13.8 Å². The summed E-state index contributed by atoms with van der Waals surface area (Å²) < 4.78 is 0. The molecule has 0 N–H and O–H groups in total. The van der Waals surface area contributed by atoms with Crippen LogP contribution in [0, 0.1) is 0 Å². The SMILES string of the molecule is CCN(C(C)=O)C(Cl)Cl. The van der Waals surface area contributed by atoms with Crippen molar-refractivity contribution in [3.05, 3.63) is 0 Å². The van der Waals surface area contributed by atoms with Gasteiger partial charge in [-0.15, -0.1) is 0 Å². The van der Waals surface area contributed by atoms with E-state index in [0.717, 1.165) is 0 Å². The van der Waals surface area contributed by atoms with Gasteiger partial charge >= 0.3 is 0 Å². The zero-order valence-electron chi connectivity index (χ0n) is 5.40. The Bertz CT molecular complexity index is 105. The first-order valence-corrected chi connectivity index (χ1v) is 3.52. The Morgan fingerprint density at radius 3 is 2.11 bits per heavy atom. The molecule has 0 radical (unpaired) electrons. The molecule has 0 aromatic carbocycles. The Morgan fingerprint density at radius 2 is 2.11 bits per heavy atom. The minimum Gasteiger partial charge on any atom is -0.314 e. The van der Waals surface area contributed by atoms with Crippen LogP contribution in [0.3, 0.4) is 0 Å². The molecule has 0 aliphatic heterocycles. The maximum absolute atomic E-state index is 10.6. The molecule has 0 aromatic heterocycles. The molecule has 54 valence electrons. The fourth-order valence-electron chi connectivity index (χ4n) is 0.498. The van der Waals surface area contributed by atoms with Crippen LogP contribution >= 0.6 is 23.2 Å². The van der Waals surface area contributed by atoms with Crippen LogP contribution in [0.5, 0.6) is 0 Å². The number of hydrogen-bond donors (Lipinski definition) is 0. The molecule has 0 saturated heterocycles. The standard InChI is InChI=1S/C5H9Cl2NO/c1-3-8(4(2)9)5(6)7/h5H,3H2,1-2H3. The van der Waals surface area contributed by atoms with Crippen molar-refractivity contribution < 1.29 is 4.79 Å². The van der Waals surface area contributed by atoms with Crippen LogP contribution < -0.4 is 0 Å². The van der Waals surface area contributed by atoms with Gasteiger partial charge in [0.1, 0.15) is 0 Å². The number of alkyl halides is 2. The van der Waals surface area contributed by atoms with Crippen molar-refractivity contribution in [2.45, 2.75) is 18.8 Å². The number of carbonyl (C=O) groups excluding carboxylic acids is 1. The molecule has 2 nitrogen and oxygen atoms in total. The summed E-state index contributed by atoms with van der Waals surface area (Å²) in [7, 11) is 0. The van der Waals surface area contributed by atoms with E-state index in [4.69, 9.17) is 23.2 Å². The lowest BCUT2D eigenvalue weighted by molar-refractivity contribution is -0.128.